The zero-order chi connectivity index (χ0) is 21.0. The number of amides is 1. The van der Waals surface area contributed by atoms with Crippen molar-refractivity contribution in [3.05, 3.63) is 52.5 Å². The number of hydrogen-bond donors (Lipinski definition) is 1. The zero-order valence-electron chi connectivity index (χ0n) is 16.4. The average molecular weight is 420 g/mol. The van der Waals surface area contributed by atoms with Crippen molar-refractivity contribution >= 4 is 29.2 Å². The molecule has 1 amide bonds. The molecule has 7 nitrogen and oxygen atoms in total. The lowest BCUT2D eigenvalue weighted by molar-refractivity contribution is -0.150. The first-order valence-corrected chi connectivity index (χ1v) is 9.48. The van der Waals surface area contributed by atoms with Crippen LogP contribution >= 0.6 is 11.6 Å². The lowest BCUT2D eigenvalue weighted by atomic mass is 9.98. The Morgan fingerprint density at radius 1 is 1.17 bits per heavy atom. The predicted octanol–water partition coefficient (Wildman–Crippen LogP) is 3.74. The van der Waals surface area contributed by atoms with E-state index in [1.54, 1.807) is 37.3 Å². The largest absolute Gasteiger partial charge is 0.493 e. The molecule has 0 bridgehead atoms. The molecule has 2 atom stereocenters. The number of esters is 1. The number of carbonyl (C=O) groups excluding carboxylic acids is 2. The van der Waals surface area contributed by atoms with Gasteiger partial charge in [0, 0.05) is 21.8 Å². The molecule has 154 valence electrons. The van der Waals surface area contributed by atoms with Gasteiger partial charge in [0.1, 0.15) is 12.2 Å². The maximum atomic E-state index is 12.7. The summed E-state index contributed by atoms with van der Waals surface area (Å²) >= 11 is 6.21. The molecule has 0 saturated carbocycles. The Bertz CT molecular complexity index is 916. The number of hydrogen-bond acceptors (Lipinski definition) is 6. The van der Waals surface area contributed by atoms with Crippen LogP contribution in [-0.2, 0) is 19.1 Å². The Hall–Kier alpha value is -2.77. The average Bonchev–Trinajstić information content (AvgIpc) is 2.84. The van der Waals surface area contributed by atoms with Crippen molar-refractivity contribution in [1.82, 2.24) is 0 Å². The Kier molecular flexibility index (Phi) is 6.61. The van der Waals surface area contributed by atoms with Crippen LogP contribution < -0.4 is 14.8 Å². The van der Waals surface area contributed by atoms with E-state index in [0.29, 0.717) is 33.3 Å². The van der Waals surface area contributed by atoms with E-state index in [4.69, 9.17) is 30.5 Å². The maximum Gasteiger partial charge on any atom is 0.308 e. The SMILES string of the molecule is CCOC(=O)CC1OC(c2cccc(OC)c2OC)c2cc(Cl)ccc2NC1=O. The van der Waals surface area contributed by atoms with Crippen molar-refractivity contribution < 1.29 is 28.5 Å². The summed E-state index contributed by atoms with van der Waals surface area (Å²) in [5, 5.41) is 3.29. The predicted molar refractivity (Wildman–Crippen MR) is 108 cm³/mol. The van der Waals surface area contributed by atoms with E-state index in [1.807, 2.05) is 6.07 Å². The topological polar surface area (TPSA) is 83.1 Å². The number of carbonyl (C=O) groups is 2. The fourth-order valence-electron chi connectivity index (χ4n) is 3.25. The van der Waals surface area contributed by atoms with Crippen molar-refractivity contribution in [3.63, 3.8) is 0 Å². The van der Waals surface area contributed by atoms with Crippen LogP contribution in [-0.4, -0.2) is 38.8 Å². The van der Waals surface area contributed by atoms with Gasteiger partial charge in [0.2, 0.25) is 0 Å². The van der Waals surface area contributed by atoms with E-state index < -0.39 is 24.1 Å². The molecule has 0 aliphatic carbocycles. The highest BCUT2D eigenvalue weighted by molar-refractivity contribution is 6.30. The Labute approximate surface area is 173 Å². The summed E-state index contributed by atoms with van der Waals surface area (Å²) in [6.45, 7) is 1.92. The van der Waals surface area contributed by atoms with Gasteiger partial charge in [-0.3, -0.25) is 9.59 Å². The molecule has 2 unspecified atom stereocenters. The lowest BCUT2D eigenvalue weighted by Crippen LogP contribution is -2.32. The van der Waals surface area contributed by atoms with Crippen molar-refractivity contribution in [2.75, 3.05) is 26.1 Å². The van der Waals surface area contributed by atoms with Gasteiger partial charge in [0.05, 0.1) is 27.2 Å². The second-order valence-corrected chi connectivity index (χ2v) is 6.75. The minimum Gasteiger partial charge on any atom is -0.493 e. The fourth-order valence-corrected chi connectivity index (χ4v) is 3.43. The van der Waals surface area contributed by atoms with Gasteiger partial charge >= 0.3 is 5.97 Å². The van der Waals surface area contributed by atoms with E-state index in [1.165, 1.54) is 14.2 Å². The molecular weight excluding hydrogens is 398 g/mol. The van der Waals surface area contributed by atoms with Gasteiger partial charge in [-0.1, -0.05) is 23.7 Å². The number of halogens is 1. The highest BCUT2D eigenvalue weighted by atomic mass is 35.5. The Morgan fingerprint density at radius 3 is 2.66 bits per heavy atom. The molecule has 1 aliphatic rings. The Morgan fingerprint density at radius 2 is 1.97 bits per heavy atom. The monoisotopic (exact) mass is 419 g/mol. The second-order valence-electron chi connectivity index (χ2n) is 6.32. The third-order valence-electron chi connectivity index (χ3n) is 4.52. The summed E-state index contributed by atoms with van der Waals surface area (Å²) in [7, 11) is 3.06. The highest BCUT2D eigenvalue weighted by Gasteiger charge is 2.35. The first-order chi connectivity index (χ1) is 14.0. The van der Waals surface area contributed by atoms with Crippen LogP contribution in [0.2, 0.25) is 5.02 Å². The van der Waals surface area contributed by atoms with E-state index in [9.17, 15) is 9.59 Å². The lowest BCUT2D eigenvalue weighted by Gasteiger charge is -2.24. The molecule has 0 radical (unpaired) electrons. The number of anilines is 1. The number of methoxy groups -OCH3 is 2. The van der Waals surface area contributed by atoms with Gasteiger partial charge < -0.3 is 24.3 Å². The quantitative estimate of drug-likeness (QED) is 0.718. The second kappa shape index (κ2) is 9.15. The third kappa shape index (κ3) is 4.46. The molecule has 1 heterocycles. The van der Waals surface area contributed by atoms with Gasteiger partial charge in [0.15, 0.2) is 11.5 Å². The van der Waals surface area contributed by atoms with Crippen LogP contribution in [0.25, 0.3) is 0 Å². The first kappa shape index (κ1) is 21.0. The molecule has 1 N–H and O–H groups in total. The molecule has 8 heteroatoms. The van der Waals surface area contributed by atoms with Crippen LogP contribution in [0, 0.1) is 0 Å². The van der Waals surface area contributed by atoms with Crippen molar-refractivity contribution in [1.29, 1.82) is 0 Å². The minimum atomic E-state index is -1.05. The van der Waals surface area contributed by atoms with Gasteiger partial charge in [-0.25, -0.2) is 0 Å². The highest BCUT2D eigenvalue weighted by Crippen LogP contribution is 2.43. The number of ether oxygens (including phenoxy) is 4. The zero-order valence-corrected chi connectivity index (χ0v) is 17.1. The standard InChI is InChI=1S/C21H22ClNO6/c1-4-28-18(24)11-17-21(25)23-15-9-8-12(22)10-14(15)19(29-17)13-6-5-7-16(26-2)20(13)27-3/h5-10,17,19H,4,11H2,1-3H3,(H,23,25). The third-order valence-corrected chi connectivity index (χ3v) is 4.76. The summed E-state index contributed by atoms with van der Waals surface area (Å²) in [6, 6.07) is 10.5. The Balaban J connectivity index is 2.10. The first-order valence-electron chi connectivity index (χ1n) is 9.10. The molecule has 0 saturated heterocycles. The minimum absolute atomic E-state index is 0.218. The van der Waals surface area contributed by atoms with Crippen LogP contribution in [0.1, 0.15) is 30.6 Å². The van der Waals surface area contributed by atoms with Gasteiger partial charge in [-0.05, 0) is 31.2 Å². The van der Waals surface area contributed by atoms with E-state index in [-0.39, 0.29) is 13.0 Å². The number of nitrogens with one attached hydrogen (secondary N) is 1. The van der Waals surface area contributed by atoms with Crippen LogP contribution in [0.5, 0.6) is 11.5 Å². The summed E-state index contributed by atoms with van der Waals surface area (Å²) in [5.41, 5.74) is 1.82. The van der Waals surface area contributed by atoms with Gasteiger partial charge in [-0.15, -0.1) is 0 Å². The summed E-state index contributed by atoms with van der Waals surface area (Å²) in [6.07, 6.45) is -2.00. The molecule has 1 aliphatic heterocycles. The van der Waals surface area contributed by atoms with E-state index in [2.05, 4.69) is 5.32 Å². The molecule has 2 aromatic rings. The molecule has 0 fully saturated rings. The molecule has 0 spiro atoms. The van der Waals surface area contributed by atoms with Gasteiger partial charge in [0.25, 0.3) is 5.91 Å². The number of rotatable bonds is 6. The fraction of sp³-hybridized carbons (Fsp3) is 0.333. The maximum absolute atomic E-state index is 12.7. The molecule has 2 aromatic carbocycles. The summed E-state index contributed by atoms with van der Waals surface area (Å²) in [4.78, 5) is 24.7. The van der Waals surface area contributed by atoms with E-state index in [0.717, 1.165) is 0 Å². The van der Waals surface area contributed by atoms with Crippen LogP contribution in [0.3, 0.4) is 0 Å². The van der Waals surface area contributed by atoms with Crippen molar-refractivity contribution in [2.45, 2.75) is 25.6 Å². The molecular formula is C21H22ClNO6. The summed E-state index contributed by atoms with van der Waals surface area (Å²) in [5.74, 6) is 0.0248. The number of para-hydroxylation sites is 1. The molecule has 3 rings (SSSR count). The van der Waals surface area contributed by atoms with E-state index >= 15 is 0 Å². The van der Waals surface area contributed by atoms with Crippen molar-refractivity contribution in [3.8, 4) is 11.5 Å². The molecule has 29 heavy (non-hydrogen) atoms. The van der Waals surface area contributed by atoms with Crippen molar-refractivity contribution in [2.24, 2.45) is 0 Å². The normalized spacial score (nSPS) is 18.3. The molecule has 0 aromatic heterocycles. The van der Waals surface area contributed by atoms with Crippen LogP contribution in [0.4, 0.5) is 5.69 Å². The van der Waals surface area contributed by atoms with Crippen LogP contribution in [0.15, 0.2) is 36.4 Å². The van der Waals surface area contributed by atoms with Gasteiger partial charge in [-0.2, -0.15) is 0 Å². The number of benzene rings is 2. The smallest absolute Gasteiger partial charge is 0.308 e. The number of fused-ring (bicyclic) bond motifs is 1. The summed E-state index contributed by atoms with van der Waals surface area (Å²) < 4.78 is 22.1.